The molecule has 1 saturated carbocycles. The van der Waals surface area contributed by atoms with Gasteiger partial charge in [0.15, 0.2) is 0 Å². The summed E-state index contributed by atoms with van der Waals surface area (Å²) in [6, 6.07) is -0.725. The first-order valence-electron chi connectivity index (χ1n) is 18.3. The molecule has 5 N–H and O–H groups in total. The second kappa shape index (κ2) is 27.3. The van der Waals surface area contributed by atoms with Gasteiger partial charge in [0.2, 0.25) is 5.91 Å². The van der Waals surface area contributed by atoms with Crippen molar-refractivity contribution in [2.24, 2.45) is 11.8 Å². The lowest BCUT2D eigenvalue weighted by Gasteiger charge is -2.19. The molecule has 0 spiro atoms. The Balaban J connectivity index is 2.24. The van der Waals surface area contributed by atoms with Crippen LogP contribution in [0.5, 0.6) is 0 Å². The monoisotopic (exact) mass is 633 g/mol. The van der Waals surface area contributed by atoms with E-state index in [0.717, 1.165) is 32.1 Å². The Hall–Kier alpha value is -1.80. The van der Waals surface area contributed by atoms with E-state index in [4.69, 9.17) is 0 Å². The summed E-state index contributed by atoms with van der Waals surface area (Å²) in [6.45, 7) is 4.04. The van der Waals surface area contributed by atoms with Gasteiger partial charge < -0.3 is 25.7 Å². The van der Waals surface area contributed by atoms with E-state index in [-0.39, 0.29) is 43.0 Å². The number of aliphatic hydroxyl groups is 4. The highest BCUT2D eigenvalue weighted by atomic mass is 16.3. The van der Waals surface area contributed by atoms with Crippen molar-refractivity contribution in [3.05, 3.63) is 36.5 Å². The minimum atomic E-state index is -0.926. The average Bonchev–Trinajstić information content (AvgIpc) is 3.29. The summed E-state index contributed by atoms with van der Waals surface area (Å²) < 4.78 is 0. The second-order valence-corrected chi connectivity index (χ2v) is 13.1. The topological polar surface area (TPSA) is 127 Å². The first-order valence-corrected chi connectivity index (χ1v) is 18.3. The Bertz CT molecular complexity index is 840. The lowest BCUT2D eigenvalue weighted by molar-refractivity contribution is -0.123. The number of aliphatic hydroxyl groups excluding tert-OH is 4. The van der Waals surface area contributed by atoms with Gasteiger partial charge in [-0.2, -0.15) is 0 Å². The molecule has 0 saturated heterocycles. The number of unbranched alkanes of at least 4 members (excludes halogenated alkanes) is 14. The fourth-order valence-corrected chi connectivity index (χ4v) is 6.04. The minimum absolute atomic E-state index is 0.0445. The highest BCUT2D eigenvalue weighted by molar-refractivity contribution is 5.84. The molecule has 7 heteroatoms. The van der Waals surface area contributed by atoms with Crippen molar-refractivity contribution >= 4 is 11.7 Å². The maximum absolute atomic E-state index is 12.4. The third-order valence-electron chi connectivity index (χ3n) is 8.99. The van der Waals surface area contributed by atoms with Gasteiger partial charge in [0, 0.05) is 24.7 Å². The Morgan fingerprint density at radius 1 is 0.822 bits per heavy atom. The van der Waals surface area contributed by atoms with E-state index in [1.807, 2.05) is 24.3 Å². The molecule has 1 fully saturated rings. The molecule has 0 aromatic heterocycles. The summed E-state index contributed by atoms with van der Waals surface area (Å²) in [7, 11) is 0. The van der Waals surface area contributed by atoms with Gasteiger partial charge in [-0.25, -0.2) is 0 Å². The van der Waals surface area contributed by atoms with E-state index >= 15 is 0 Å². The van der Waals surface area contributed by atoms with Crippen molar-refractivity contribution in [3.63, 3.8) is 0 Å². The highest BCUT2D eigenvalue weighted by Gasteiger charge is 2.39. The predicted octanol–water partition coefficient (Wildman–Crippen LogP) is 7.26. The van der Waals surface area contributed by atoms with Gasteiger partial charge in [0.05, 0.1) is 31.0 Å². The van der Waals surface area contributed by atoms with Gasteiger partial charge in [-0.1, -0.05) is 134 Å². The number of Topliss-reactive ketones (excluding diaryl/α,β-unsaturated/α-hetero) is 1. The molecule has 0 unspecified atom stereocenters. The van der Waals surface area contributed by atoms with Crippen molar-refractivity contribution in [2.45, 2.75) is 173 Å². The van der Waals surface area contributed by atoms with Crippen LogP contribution in [0.4, 0.5) is 0 Å². The average molecular weight is 634 g/mol. The van der Waals surface area contributed by atoms with Gasteiger partial charge in [0.1, 0.15) is 5.78 Å². The summed E-state index contributed by atoms with van der Waals surface area (Å²) in [5.74, 6) is -0.752. The molecule has 1 amide bonds. The van der Waals surface area contributed by atoms with Crippen molar-refractivity contribution < 1.29 is 30.0 Å². The number of carbonyl (C=O) groups is 2. The van der Waals surface area contributed by atoms with E-state index in [1.165, 1.54) is 64.2 Å². The number of allylic oxidation sites excluding steroid dienone is 3. The minimum Gasteiger partial charge on any atom is -0.394 e. The van der Waals surface area contributed by atoms with Crippen molar-refractivity contribution in [1.82, 2.24) is 5.32 Å². The molecular weight excluding hydrogens is 566 g/mol. The zero-order chi connectivity index (χ0) is 33.1. The molecule has 45 heavy (non-hydrogen) atoms. The van der Waals surface area contributed by atoms with Crippen LogP contribution >= 0.6 is 0 Å². The second-order valence-electron chi connectivity index (χ2n) is 13.1. The fraction of sp³-hybridized carbons (Fsp3) is 0.789. The third-order valence-corrected chi connectivity index (χ3v) is 8.99. The number of ketones is 1. The van der Waals surface area contributed by atoms with Crippen molar-refractivity contribution in [2.75, 3.05) is 6.61 Å². The fourth-order valence-electron chi connectivity index (χ4n) is 6.04. The molecule has 0 bridgehead atoms. The summed E-state index contributed by atoms with van der Waals surface area (Å²) >= 11 is 0. The van der Waals surface area contributed by atoms with Gasteiger partial charge in [-0.15, -0.1) is 0 Å². The standard InChI is InChI=1S/C38H67NO6/c1-3-5-7-8-9-10-11-12-13-14-15-16-21-25-35(42)34(30-40)39-38(45)26-22-18-17-20-24-32-33(37(44)29-36(32)43)28-27-31(41)23-19-6-4-2/h17,20-21,25,27-28,31-35,37,40-42,44H,3-16,18-19,22-24,26,29-30H2,1-2H3,(H,39,45)/b20-17-,25-21+,28-27+/t31-,32+,33+,34-,35+,37+/m0/s1. The largest absolute Gasteiger partial charge is 0.394 e. The number of rotatable bonds is 28. The SMILES string of the molecule is CCCCCCCCCCCCC/C=C/[C@@H](O)[C@H](CO)NC(=O)CCC/C=C\C[C@H]1C(=O)C[C@@H](O)[C@@H]1/C=C/[C@@H](O)CCCCC. The molecule has 6 atom stereocenters. The zero-order valence-corrected chi connectivity index (χ0v) is 28.6. The maximum atomic E-state index is 12.4. The number of hydrogen-bond donors (Lipinski definition) is 5. The molecular formula is C38H67NO6. The molecule has 1 aliphatic rings. The summed E-state index contributed by atoms with van der Waals surface area (Å²) in [4.78, 5) is 24.8. The molecule has 0 heterocycles. The molecule has 0 aromatic rings. The molecule has 0 aromatic carbocycles. The number of nitrogens with one attached hydrogen (secondary N) is 1. The molecule has 1 aliphatic carbocycles. The first-order chi connectivity index (χ1) is 21.8. The van der Waals surface area contributed by atoms with Crippen molar-refractivity contribution in [3.8, 4) is 0 Å². The smallest absolute Gasteiger partial charge is 0.220 e. The van der Waals surface area contributed by atoms with Gasteiger partial charge in [0.25, 0.3) is 0 Å². The predicted molar refractivity (Wildman–Crippen MR) is 185 cm³/mol. The lowest BCUT2D eigenvalue weighted by atomic mass is 9.90. The molecule has 0 aliphatic heterocycles. The number of carbonyl (C=O) groups excluding carboxylic acids is 2. The third kappa shape index (κ3) is 20.1. The van der Waals surface area contributed by atoms with Gasteiger partial charge in [-0.3, -0.25) is 9.59 Å². The number of amides is 1. The van der Waals surface area contributed by atoms with Gasteiger partial charge >= 0.3 is 0 Å². The molecule has 260 valence electrons. The van der Waals surface area contributed by atoms with Crippen LogP contribution < -0.4 is 5.32 Å². The maximum Gasteiger partial charge on any atom is 0.220 e. The zero-order valence-electron chi connectivity index (χ0n) is 28.6. The van der Waals surface area contributed by atoms with Gasteiger partial charge in [-0.05, 0) is 38.5 Å². The normalized spacial score (nSPS) is 20.9. The van der Waals surface area contributed by atoms with Crippen LogP contribution in [0.15, 0.2) is 36.5 Å². The molecule has 1 rings (SSSR count). The summed E-state index contributed by atoms with van der Waals surface area (Å²) in [5, 5.41) is 43.4. The van der Waals surface area contributed by atoms with Crippen LogP contribution in [0.1, 0.15) is 149 Å². The molecule has 0 radical (unpaired) electrons. The van der Waals surface area contributed by atoms with E-state index in [0.29, 0.717) is 25.7 Å². The summed E-state index contributed by atoms with van der Waals surface area (Å²) in [6.07, 6.45) is 30.0. The Morgan fingerprint density at radius 3 is 2.07 bits per heavy atom. The van der Waals surface area contributed by atoms with Crippen LogP contribution in [-0.4, -0.2) is 63.1 Å². The highest BCUT2D eigenvalue weighted by Crippen LogP contribution is 2.33. The van der Waals surface area contributed by atoms with E-state index in [9.17, 15) is 30.0 Å². The van der Waals surface area contributed by atoms with Crippen LogP contribution in [0.3, 0.4) is 0 Å². The molecule has 7 nitrogen and oxygen atoms in total. The van der Waals surface area contributed by atoms with E-state index in [2.05, 4.69) is 19.2 Å². The van der Waals surface area contributed by atoms with Crippen LogP contribution in [0.2, 0.25) is 0 Å². The van der Waals surface area contributed by atoms with Crippen LogP contribution in [-0.2, 0) is 9.59 Å². The summed E-state index contributed by atoms with van der Waals surface area (Å²) in [5.41, 5.74) is 0. The van der Waals surface area contributed by atoms with Crippen LogP contribution in [0.25, 0.3) is 0 Å². The van der Waals surface area contributed by atoms with Crippen LogP contribution in [0, 0.1) is 11.8 Å². The Morgan fingerprint density at radius 2 is 1.42 bits per heavy atom. The quantitative estimate of drug-likeness (QED) is 0.0456. The first kappa shape index (κ1) is 41.2. The lowest BCUT2D eigenvalue weighted by Crippen LogP contribution is -2.45. The van der Waals surface area contributed by atoms with Crippen molar-refractivity contribution in [1.29, 1.82) is 0 Å². The van der Waals surface area contributed by atoms with E-state index in [1.54, 1.807) is 12.2 Å². The number of hydrogen-bond acceptors (Lipinski definition) is 6. The Labute approximate surface area is 274 Å². The van der Waals surface area contributed by atoms with E-state index < -0.39 is 24.4 Å². The Kier molecular flexibility index (Phi) is 25.0.